The van der Waals surface area contributed by atoms with Gasteiger partial charge in [-0.2, -0.15) is 11.3 Å². The minimum absolute atomic E-state index is 0.685. The summed E-state index contributed by atoms with van der Waals surface area (Å²) in [5, 5.41) is 4.78. The molecule has 0 bridgehead atoms. The Morgan fingerprint density at radius 1 is 1.12 bits per heavy atom. The Morgan fingerprint density at radius 3 is 2.88 bits per heavy atom. The Kier molecular flexibility index (Phi) is 2.35. The molecular formula is C12H7ClN2S. The molecule has 2 aromatic heterocycles. The highest BCUT2D eigenvalue weighted by atomic mass is 35.5. The topological polar surface area (TPSA) is 25.8 Å². The van der Waals surface area contributed by atoms with E-state index in [1.807, 2.05) is 29.6 Å². The second-order valence-electron chi connectivity index (χ2n) is 3.40. The summed E-state index contributed by atoms with van der Waals surface area (Å²) >= 11 is 7.55. The lowest BCUT2D eigenvalue weighted by Gasteiger charge is -2.00. The smallest absolute Gasteiger partial charge is 0.0902 e. The number of aromatic nitrogens is 2. The highest BCUT2D eigenvalue weighted by Crippen LogP contribution is 2.22. The molecule has 2 heterocycles. The van der Waals surface area contributed by atoms with Crippen molar-refractivity contribution in [1.82, 2.24) is 9.97 Å². The van der Waals surface area contributed by atoms with Crippen molar-refractivity contribution in [2.75, 3.05) is 0 Å². The molecule has 0 atom stereocenters. The maximum absolute atomic E-state index is 5.89. The standard InChI is InChI=1S/C12H7ClN2S/c13-9-1-2-10-11(5-9)14-6-12(15-10)8-3-4-16-7-8/h1-7H. The van der Waals surface area contributed by atoms with E-state index in [1.54, 1.807) is 17.5 Å². The molecule has 78 valence electrons. The summed E-state index contributed by atoms with van der Waals surface area (Å²) < 4.78 is 0. The Morgan fingerprint density at radius 2 is 2.06 bits per heavy atom. The summed E-state index contributed by atoms with van der Waals surface area (Å²) in [6, 6.07) is 7.58. The molecule has 0 aliphatic rings. The van der Waals surface area contributed by atoms with Crippen molar-refractivity contribution < 1.29 is 0 Å². The maximum atomic E-state index is 5.89. The van der Waals surface area contributed by atoms with E-state index in [9.17, 15) is 0 Å². The predicted molar refractivity (Wildman–Crippen MR) is 67.9 cm³/mol. The molecule has 4 heteroatoms. The molecule has 1 aromatic carbocycles. The first-order valence-electron chi connectivity index (χ1n) is 4.78. The molecule has 0 saturated carbocycles. The van der Waals surface area contributed by atoms with Crippen LogP contribution in [0.4, 0.5) is 0 Å². The van der Waals surface area contributed by atoms with Crippen LogP contribution in [0.5, 0.6) is 0 Å². The Balaban J connectivity index is 2.20. The molecule has 0 amide bonds. The monoisotopic (exact) mass is 246 g/mol. The largest absolute Gasteiger partial charge is 0.252 e. The molecule has 0 N–H and O–H groups in total. The van der Waals surface area contributed by atoms with Gasteiger partial charge in [0.25, 0.3) is 0 Å². The van der Waals surface area contributed by atoms with Gasteiger partial charge in [-0.15, -0.1) is 0 Å². The number of fused-ring (bicyclic) bond motifs is 1. The van der Waals surface area contributed by atoms with Gasteiger partial charge in [0.15, 0.2) is 0 Å². The van der Waals surface area contributed by atoms with E-state index in [-0.39, 0.29) is 0 Å². The highest BCUT2D eigenvalue weighted by Gasteiger charge is 2.03. The van der Waals surface area contributed by atoms with Gasteiger partial charge in [0.2, 0.25) is 0 Å². The van der Waals surface area contributed by atoms with Crippen molar-refractivity contribution in [2.24, 2.45) is 0 Å². The van der Waals surface area contributed by atoms with Gasteiger partial charge in [-0.3, -0.25) is 4.98 Å². The maximum Gasteiger partial charge on any atom is 0.0902 e. The zero-order valence-corrected chi connectivity index (χ0v) is 9.79. The predicted octanol–water partition coefficient (Wildman–Crippen LogP) is 4.01. The fourth-order valence-corrected chi connectivity index (χ4v) is 2.35. The number of rotatable bonds is 1. The fourth-order valence-electron chi connectivity index (χ4n) is 1.53. The molecule has 0 unspecified atom stereocenters. The molecule has 0 aliphatic heterocycles. The summed E-state index contributed by atoms with van der Waals surface area (Å²) in [6.45, 7) is 0. The van der Waals surface area contributed by atoms with Gasteiger partial charge in [-0.05, 0) is 29.6 Å². The van der Waals surface area contributed by atoms with Gasteiger partial charge >= 0.3 is 0 Å². The number of nitrogens with zero attached hydrogens (tertiary/aromatic N) is 2. The Bertz CT molecular complexity index is 635. The van der Waals surface area contributed by atoms with Gasteiger partial charge in [0.1, 0.15) is 0 Å². The first-order valence-corrected chi connectivity index (χ1v) is 6.10. The zero-order chi connectivity index (χ0) is 11.0. The SMILES string of the molecule is Clc1ccc2nc(-c3ccsc3)cnc2c1. The first kappa shape index (κ1) is 9.75. The van der Waals surface area contributed by atoms with Crippen molar-refractivity contribution >= 4 is 34.0 Å². The van der Waals surface area contributed by atoms with Gasteiger partial charge in [-0.25, -0.2) is 4.98 Å². The van der Waals surface area contributed by atoms with E-state index in [0.717, 1.165) is 22.3 Å². The summed E-state index contributed by atoms with van der Waals surface area (Å²) in [7, 11) is 0. The van der Waals surface area contributed by atoms with E-state index in [4.69, 9.17) is 11.6 Å². The minimum atomic E-state index is 0.685. The lowest BCUT2D eigenvalue weighted by atomic mass is 10.2. The molecule has 0 fully saturated rings. The normalized spacial score (nSPS) is 10.8. The molecular weight excluding hydrogens is 240 g/mol. The summed E-state index contributed by atoms with van der Waals surface area (Å²) in [5.41, 5.74) is 3.70. The van der Waals surface area contributed by atoms with Crippen LogP contribution in [0.15, 0.2) is 41.2 Å². The van der Waals surface area contributed by atoms with Crippen LogP contribution >= 0.6 is 22.9 Å². The van der Waals surface area contributed by atoms with Crippen LogP contribution in [-0.2, 0) is 0 Å². The van der Waals surface area contributed by atoms with Crippen molar-refractivity contribution in [1.29, 1.82) is 0 Å². The zero-order valence-electron chi connectivity index (χ0n) is 8.22. The third-order valence-corrected chi connectivity index (χ3v) is 3.24. The number of benzene rings is 1. The first-order chi connectivity index (χ1) is 7.83. The average Bonchev–Trinajstić information content (AvgIpc) is 2.82. The van der Waals surface area contributed by atoms with E-state index in [2.05, 4.69) is 15.3 Å². The van der Waals surface area contributed by atoms with Gasteiger partial charge in [-0.1, -0.05) is 11.6 Å². The molecule has 2 nitrogen and oxygen atoms in total. The lowest BCUT2D eigenvalue weighted by Crippen LogP contribution is -1.87. The van der Waals surface area contributed by atoms with Crippen molar-refractivity contribution in [3.05, 3.63) is 46.2 Å². The highest BCUT2D eigenvalue weighted by molar-refractivity contribution is 7.08. The van der Waals surface area contributed by atoms with Crippen molar-refractivity contribution in [3.8, 4) is 11.3 Å². The molecule has 16 heavy (non-hydrogen) atoms. The van der Waals surface area contributed by atoms with Crippen LogP contribution in [0, 0.1) is 0 Å². The second-order valence-corrected chi connectivity index (χ2v) is 4.62. The third-order valence-electron chi connectivity index (χ3n) is 2.32. The molecule has 0 aliphatic carbocycles. The third kappa shape index (κ3) is 1.68. The number of halogens is 1. The van der Waals surface area contributed by atoms with Crippen LogP contribution in [0.2, 0.25) is 5.02 Å². The molecule has 3 rings (SSSR count). The lowest BCUT2D eigenvalue weighted by molar-refractivity contribution is 1.30. The molecule has 0 radical (unpaired) electrons. The summed E-state index contributed by atoms with van der Waals surface area (Å²) in [4.78, 5) is 8.90. The number of thiophene rings is 1. The van der Waals surface area contributed by atoms with E-state index < -0.39 is 0 Å². The summed E-state index contributed by atoms with van der Waals surface area (Å²) in [6.07, 6.45) is 1.78. The van der Waals surface area contributed by atoms with Crippen molar-refractivity contribution in [2.45, 2.75) is 0 Å². The van der Waals surface area contributed by atoms with Crippen LogP contribution in [-0.4, -0.2) is 9.97 Å². The second kappa shape index (κ2) is 3.85. The van der Waals surface area contributed by atoms with Crippen LogP contribution in [0.25, 0.3) is 22.3 Å². The minimum Gasteiger partial charge on any atom is -0.252 e. The fraction of sp³-hybridized carbons (Fsp3) is 0. The van der Waals surface area contributed by atoms with E-state index in [0.29, 0.717) is 5.02 Å². The van der Waals surface area contributed by atoms with Crippen LogP contribution < -0.4 is 0 Å². The Labute approximate surface area is 102 Å². The van der Waals surface area contributed by atoms with Crippen LogP contribution in [0.3, 0.4) is 0 Å². The van der Waals surface area contributed by atoms with Crippen LogP contribution in [0.1, 0.15) is 0 Å². The summed E-state index contributed by atoms with van der Waals surface area (Å²) in [5.74, 6) is 0. The van der Waals surface area contributed by atoms with Crippen molar-refractivity contribution in [3.63, 3.8) is 0 Å². The molecule has 0 spiro atoms. The molecule has 0 saturated heterocycles. The number of hydrogen-bond acceptors (Lipinski definition) is 3. The Hall–Kier alpha value is -1.45. The molecule has 3 aromatic rings. The number of hydrogen-bond donors (Lipinski definition) is 0. The van der Waals surface area contributed by atoms with Gasteiger partial charge < -0.3 is 0 Å². The van der Waals surface area contributed by atoms with E-state index in [1.165, 1.54) is 0 Å². The van der Waals surface area contributed by atoms with Gasteiger partial charge in [0.05, 0.1) is 22.9 Å². The van der Waals surface area contributed by atoms with E-state index >= 15 is 0 Å². The quantitative estimate of drug-likeness (QED) is 0.648. The van der Waals surface area contributed by atoms with Gasteiger partial charge in [0, 0.05) is 16.0 Å². The average molecular weight is 247 g/mol.